The minimum Gasteiger partial charge on any atom is -0.468 e. The van der Waals surface area contributed by atoms with E-state index < -0.39 is 23.5 Å². The van der Waals surface area contributed by atoms with Crippen molar-refractivity contribution in [3.05, 3.63) is 93.2 Å². The Labute approximate surface area is 170 Å². The highest BCUT2D eigenvalue weighted by molar-refractivity contribution is 6.37. The summed E-state index contributed by atoms with van der Waals surface area (Å²) >= 11 is 12.2. The van der Waals surface area contributed by atoms with Crippen LogP contribution in [0.25, 0.3) is 0 Å². The Morgan fingerprint density at radius 3 is 2.39 bits per heavy atom. The monoisotopic (exact) mass is 418 g/mol. The highest BCUT2D eigenvalue weighted by Crippen LogP contribution is 2.29. The molecule has 0 aliphatic carbocycles. The molecule has 28 heavy (non-hydrogen) atoms. The summed E-state index contributed by atoms with van der Waals surface area (Å²) in [5, 5.41) is 0.0147. The molecule has 0 amide bonds. The number of ether oxygens (including phenoxy) is 1. The van der Waals surface area contributed by atoms with Gasteiger partial charge in [0, 0.05) is 11.1 Å². The Balaban J connectivity index is 2.05. The molecule has 1 unspecified atom stereocenters. The van der Waals surface area contributed by atoms with Crippen molar-refractivity contribution < 1.29 is 18.7 Å². The number of esters is 1. The molecule has 1 atom stereocenters. The van der Waals surface area contributed by atoms with E-state index in [1.807, 2.05) is 0 Å². The van der Waals surface area contributed by atoms with E-state index in [0.29, 0.717) is 0 Å². The molecule has 0 spiro atoms. The summed E-state index contributed by atoms with van der Waals surface area (Å²) in [4.78, 5) is 33.1. The fourth-order valence-corrected chi connectivity index (χ4v) is 3.13. The molecule has 1 aromatic heterocycles. The molecule has 0 fully saturated rings. The van der Waals surface area contributed by atoms with Crippen LogP contribution in [0, 0.1) is 5.82 Å². The molecule has 0 radical (unpaired) electrons. The zero-order valence-electron chi connectivity index (χ0n) is 14.5. The van der Waals surface area contributed by atoms with E-state index in [1.54, 1.807) is 24.3 Å². The summed E-state index contributed by atoms with van der Waals surface area (Å²) < 4.78 is 19.0. The maximum Gasteiger partial charge on any atom is 0.319 e. The standard InChI is InChI=1S/C20H13Cl2FN2O3/c1-28-20(27)16(12-7-3-5-9-14(12)23)15-10-24-17(19(22)25-15)18(26)11-6-2-4-8-13(11)21/h2-10,16H,1H3. The molecule has 2 aromatic carbocycles. The molecule has 8 heteroatoms. The second kappa shape index (κ2) is 8.46. The fourth-order valence-electron chi connectivity index (χ4n) is 2.68. The lowest BCUT2D eigenvalue weighted by molar-refractivity contribution is -0.141. The fraction of sp³-hybridized carbons (Fsp3) is 0.100. The van der Waals surface area contributed by atoms with Crippen LogP contribution in [0.4, 0.5) is 4.39 Å². The number of halogens is 3. The zero-order valence-corrected chi connectivity index (χ0v) is 16.0. The van der Waals surface area contributed by atoms with Crippen molar-refractivity contribution >= 4 is 35.0 Å². The molecule has 0 saturated carbocycles. The van der Waals surface area contributed by atoms with Gasteiger partial charge in [-0.25, -0.2) is 14.4 Å². The minimum atomic E-state index is -1.18. The van der Waals surface area contributed by atoms with Gasteiger partial charge in [0.25, 0.3) is 0 Å². The van der Waals surface area contributed by atoms with Crippen molar-refractivity contribution in [2.45, 2.75) is 5.92 Å². The predicted molar refractivity (Wildman–Crippen MR) is 102 cm³/mol. The van der Waals surface area contributed by atoms with Crippen molar-refractivity contribution in [1.29, 1.82) is 0 Å². The van der Waals surface area contributed by atoms with Gasteiger partial charge in [-0.05, 0) is 18.2 Å². The smallest absolute Gasteiger partial charge is 0.319 e. The summed E-state index contributed by atoms with van der Waals surface area (Å²) in [6.07, 6.45) is 1.20. The van der Waals surface area contributed by atoms with E-state index in [1.165, 1.54) is 37.6 Å². The van der Waals surface area contributed by atoms with Gasteiger partial charge in [-0.2, -0.15) is 0 Å². The van der Waals surface area contributed by atoms with E-state index in [2.05, 4.69) is 9.97 Å². The highest BCUT2D eigenvalue weighted by Gasteiger charge is 2.29. The van der Waals surface area contributed by atoms with Crippen LogP contribution in [-0.4, -0.2) is 28.8 Å². The van der Waals surface area contributed by atoms with Gasteiger partial charge >= 0.3 is 5.97 Å². The van der Waals surface area contributed by atoms with E-state index in [4.69, 9.17) is 27.9 Å². The Bertz CT molecular complexity index is 1060. The number of hydrogen-bond donors (Lipinski definition) is 0. The minimum absolute atomic E-state index is 0.0534. The number of carbonyl (C=O) groups excluding carboxylic acids is 2. The second-order valence-electron chi connectivity index (χ2n) is 5.72. The van der Waals surface area contributed by atoms with Crippen LogP contribution in [0.5, 0.6) is 0 Å². The third-order valence-electron chi connectivity index (χ3n) is 4.03. The number of ketones is 1. The summed E-state index contributed by atoms with van der Waals surface area (Å²) in [6, 6.07) is 12.2. The lowest BCUT2D eigenvalue weighted by Crippen LogP contribution is -2.19. The highest BCUT2D eigenvalue weighted by atomic mass is 35.5. The normalized spacial score (nSPS) is 11.7. The average molecular weight is 419 g/mol. The predicted octanol–water partition coefficient (Wildman–Crippen LogP) is 4.46. The van der Waals surface area contributed by atoms with E-state index >= 15 is 0 Å². The molecule has 0 aliphatic rings. The topological polar surface area (TPSA) is 69.2 Å². The number of hydrogen-bond acceptors (Lipinski definition) is 5. The number of carbonyl (C=O) groups is 2. The number of rotatable bonds is 5. The van der Waals surface area contributed by atoms with Gasteiger partial charge in [0.05, 0.1) is 24.0 Å². The van der Waals surface area contributed by atoms with Crippen LogP contribution in [0.15, 0.2) is 54.7 Å². The summed E-state index contributed by atoms with van der Waals surface area (Å²) in [7, 11) is 1.18. The number of nitrogens with zero attached hydrogens (tertiary/aromatic N) is 2. The average Bonchev–Trinajstić information content (AvgIpc) is 2.69. The molecule has 0 aliphatic heterocycles. The van der Waals surface area contributed by atoms with E-state index in [9.17, 15) is 14.0 Å². The van der Waals surface area contributed by atoms with Crippen LogP contribution in [0.3, 0.4) is 0 Å². The molecule has 1 heterocycles. The van der Waals surface area contributed by atoms with E-state index in [-0.39, 0.29) is 32.7 Å². The van der Waals surface area contributed by atoms with Crippen molar-refractivity contribution in [3.8, 4) is 0 Å². The lowest BCUT2D eigenvalue weighted by Gasteiger charge is -2.16. The molecule has 142 valence electrons. The Hall–Kier alpha value is -2.83. The van der Waals surface area contributed by atoms with Gasteiger partial charge in [-0.1, -0.05) is 53.5 Å². The second-order valence-corrected chi connectivity index (χ2v) is 6.49. The largest absolute Gasteiger partial charge is 0.468 e. The van der Waals surface area contributed by atoms with Gasteiger partial charge in [0.1, 0.15) is 17.4 Å². The maximum atomic E-state index is 14.2. The zero-order chi connectivity index (χ0) is 20.3. The maximum absolute atomic E-state index is 14.2. The molecule has 3 rings (SSSR count). The summed E-state index contributed by atoms with van der Waals surface area (Å²) in [6.45, 7) is 0. The first kappa shape index (κ1) is 19.9. The Kier molecular flexibility index (Phi) is 6.02. The molecule has 3 aromatic rings. The van der Waals surface area contributed by atoms with Gasteiger partial charge < -0.3 is 4.74 Å². The molecule has 0 bridgehead atoms. The van der Waals surface area contributed by atoms with Crippen LogP contribution in [0.2, 0.25) is 10.2 Å². The molecular formula is C20H13Cl2FN2O3. The lowest BCUT2D eigenvalue weighted by atomic mass is 9.95. The number of aromatic nitrogens is 2. The first-order valence-electron chi connectivity index (χ1n) is 8.08. The Morgan fingerprint density at radius 2 is 1.75 bits per heavy atom. The SMILES string of the molecule is COC(=O)C(c1cnc(C(=O)c2ccccc2Cl)c(Cl)n1)c1ccccc1F. The van der Waals surface area contributed by atoms with Crippen molar-refractivity contribution in [3.63, 3.8) is 0 Å². The van der Waals surface area contributed by atoms with Gasteiger partial charge in [0.2, 0.25) is 5.78 Å². The van der Waals surface area contributed by atoms with E-state index in [0.717, 1.165) is 0 Å². The van der Waals surface area contributed by atoms with Crippen molar-refractivity contribution in [2.24, 2.45) is 0 Å². The van der Waals surface area contributed by atoms with Gasteiger partial charge in [-0.3, -0.25) is 9.59 Å². The molecule has 0 saturated heterocycles. The van der Waals surface area contributed by atoms with Crippen LogP contribution >= 0.6 is 23.2 Å². The summed E-state index contributed by atoms with van der Waals surface area (Å²) in [5.74, 6) is -3.04. The number of benzene rings is 2. The quantitative estimate of drug-likeness (QED) is 0.451. The molecule has 5 nitrogen and oxygen atoms in total. The molecule has 0 N–H and O–H groups in total. The first-order chi connectivity index (χ1) is 13.4. The first-order valence-corrected chi connectivity index (χ1v) is 8.83. The van der Waals surface area contributed by atoms with Crippen molar-refractivity contribution in [2.75, 3.05) is 7.11 Å². The van der Waals surface area contributed by atoms with Crippen molar-refractivity contribution in [1.82, 2.24) is 9.97 Å². The summed E-state index contributed by atoms with van der Waals surface area (Å²) in [5.41, 5.74) is 0.199. The third kappa shape index (κ3) is 3.88. The van der Waals surface area contributed by atoms with Crippen LogP contribution in [0.1, 0.15) is 33.2 Å². The Morgan fingerprint density at radius 1 is 1.07 bits per heavy atom. The van der Waals surface area contributed by atoms with Gasteiger partial charge in [-0.15, -0.1) is 0 Å². The van der Waals surface area contributed by atoms with Gasteiger partial charge in [0.15, 0.2) is 5.15 Å². The molecular weight excluding hydrogens is 406 g/mol. The third-order valence-corrected chi connectivity index (χ3v) is 4.62. The number of methoxy groups -OCH3 is 1. The van der Waals surface area contributed by atoms with Crippen LogP contribution in [-0.2, 0) is 9.53 Å². The van der Waals surface area contributed by atoms with Crippen LogP contribution < -0.4 is 0 Å².